The van der Waals surface area contributed by atoms with Crippen molar-refractivity contribution in [1.29, 1.82) is 0 Å². The Balaban J connectivity index is 0. The van der Waals surface area contributed by atoms with Gasteiger partial charge in [0.2, 0.25) is 0 Å². The molecule has 0 saturated heterocycles. The predicted molar refractivity (Wildman–Crippen MR) is 106 cm³/mol. The molecular weight excluding hydrogens is 387 g/mol. The summed E-state index contributed by atoms with van der Waals surface area (Å²) >= 11 is 0. The van der Waals surface area contributed by atoms with E-state index in [1.54, 1.807) is 6.08 Å². The Morgan fingerprint density at radius 1 is 0.696 bits per heavy atom. The minimum absolute atomic E-state index is 0. The van der Waals surface area contributed by atoms with Gasteiger partial charge in [0.15, 0.2) is 0 Å². The summed E-state index contributed by atoms with van der Waals surface area (Å²) in [6, 6.07) is 0. The average molecular weight is 428 g/mol. The first kappa shape index (κ1) is 25.3. The fourth-order valence-electron chi connectivity index (χ4n) is 2.82. The Morgan fingerprint density at radius 2 is 1.04 bits per heavy atom. The van der Waals surface area contributed by atoms with Crippen LogP contribution in [0.3, 0.4) is 0 Å². The quantitative estimate of drug-likeness (QED) is 0.238. The molecule has 0 bridgehead atoms. The Labute approximate surface area is 163 Å². The van der Waals surface area contributed by atoms with Gasteiger partial charge in [-0.2, -0.15) is 0 Å². The monoisotopic (exact) mass is 428 g/mol. The molecule has 0 aliphatic heterocycles. The Kier molecular flexibility index (Phi) is 24.3. The number of rotatable bonds is 17. The van der Waals surface area contributed by atoms with Crippen LogP contribution in [0.5, 0.6) is 0 Å². The van der Waals surface area contributed by atoms with Crippen LogP contribution < -0.4 is 0 Å². The SMILES string of the molecule is CCCCCCCCCCCCCCCCCC=CC(=O)O.[InH3]. The summed E-state index contributed by atoms with van der Waals surface area (Å²) in [6.45, 7) is 2.27. The van der Waals surface area contributed by atoms with Crippen molar-refractivity contribution in [3.8, 4) is 0 Å². The van der Waals surface area contributed by atoms with Gasteiger partial charge in [-0.25, -0.2) is 4.79 Å². The molecule has 0 saturated carbocycles. The molecule has 0 aromatic heterocycles. The van der Waals surface area contributed by atoms with E-state index < -0.39 is 5.97 Å². The molecule has 0 spiro atoms. The Morgan fingerprint density at radius 3 is 1.39 bits per heavy atom. The van der Waals surface area contributed by atoms with Gasteiger partial charge in [-0.05, 0) is 12.8 Å². The van der Waals surface area contributed by atoms with Gasteiger partial charge >= 0.3 is 31.8 Å². The van der Waals surface area contributed by atoms with Gasteiger partial charge in [0.05, 0.1) is 0 Å². The molecule has 0 aromatic carbocycles. The van der Waals surface area contributed by atoms with Crippen molar-refractivity contribution in [2.24, 2.45) is 0 Å². The summed E-state index contributed by atoms with van der Waals surface area (Å²) in [6.07, 6.45) is 24.5. The van der Waals surface area contributed by atoms with E-state index in [0.29, 0.717) is 0 Å². The van der Waals surface area contributed by atoms with Gasteiger partial charge in [0, 0.05) is 6.08 Å². The fraction of sp³-hybridized carbons (Fsp3) is 0.850. The number of aliphatic carboxylic acids is 1. The molecule has 0 aliphatic rings. The summed E-state index contributed by atoms with van der Waals surface area (Å²) in [7, 11) is 0. The fourth-order valence-corrected chi connectivity index (χ4v) is 2.82. The van der Waals surface area contributed by atoms with Crippen LogP contribution in [0.25, 0.3) is 0 Å². The van der Waals surface area contributed by atoms with Crippen molar-refractivity contribution < 1.29 is 9.90 Å². The van der Waals surface area contributed by atoms with Gasteiger partial charge in [0.25, 0.3) is 0 Å². The molecule has 0 rings (SSSR count). The minimum atomic E-state index is -0.832. The standard InChI is InChI=1S/C20H38O2.In.3H/c1-2-3-4-5-6-7-8-9-10-11-12-13-14-15-16-17-18-19-20(21)22;;;;/h18-19H,2-17H2,1H3,(H,21,22);;;;. The van der Waals surface area contributed by atoms with E-state index in [2.05, 4.69) is 6.92 Å². The summed E-state index contributed by atoms with van der Waals surface area (Å²) in [4.78, 5) is 10.3. The normalized spacial score (nSPS) is 10.8. The zero-order chi connectivity index (χ0) is 16.3. The van der Waals surface area contributed by atoms with E-state index in [-0.39, 0.29) is 25.8 Å². The molecule has 0 aliphatic carbocycles. The van der Waals surface area contributed by atoms with Crippen LogP contribution in [-0.2, 0) is 4.79 Å². The number of hydrogen-bond acceptors (Lipinski definition) is 1. The molecule has 0 radical (unpaired) electrons. The van der Waals surface area contributed by atoms with Crippen molar-refractivity contribution in [2.75, 3.05) is 0 Å². The van der Waals surface area contributed by atoms with Crippen LogP contribution in [0.1, 0.15) is 110 Å². The second kappa shape index (κ2) is 22.1. The molecule has 136 valence electrons. The second-order valence-electron chi connectivity index (χ2n) is 6.48. The van der Waals surface area contributed by atoms with Gasteiger partial charge in [0.1, 0.15) is 0 Å². The number of carbonyl (C=O) groups is 1. The number of carboxylic acids is 1. The maximum atomic E-state index is 10.3. The summed E-state index contributed by atoms with van der Waals surface area (Å²) in [5.41, 5.74) is 0. The number of unbranched alkanes of at least 4 members (excludes halogenated alkanes) is 15. The zero-order valence-corrected chi connectivity index (χ0v) is 14.8. The molecule has 0 aromatic rings. The molecular formula is C20H41InO2. The molecule has 0 amide bonds. The first-order chi connectivity index (χ1) is 10.8. The van der Waals surface area contributed by atoms with Crippen molar-refractivity contribution in [3.63, 3.8) is 0 Å². The average Bonchev–Trinajstić information content (AvgIpc) is 2.50. The molecule has 23 heavy (non-hydrogen) atoms. The first-order valence-corrected chi connectivity index (χ1v) is 9.67. The predicted octanol–water partition coefficient (Wildman–Crippen LogP) is 5.70. The van der Waals surface area contributed by atoms with Gasteiger partial charge in [-0.1, -0.05) is 103 Å². The third-order valence-electron chi connectivity index (χ3n) is 4.23. The van der Waals surface area contributed by atoms with E-state index >= 15 is 0 Å². The second-order valence-corrected chi connectivity index (χ2v) is 6.48. The molecule has 3 heteroatoms. The Hall–Kier alpha value is 0.0801. The van der Waals surface area contributed by atoms with Crippen LogP contribution >= 0.6 is 0 Å². The molecule has 2 nitrogen and oxygen atoms in total. The summed E-state index contributed by atoms with van der Waals surface area (Å²) < 4.78 is 0. The van der Waals surface area contributed by atoms with Crippen LogP contribution in [0.4, 0.5) is 0 Å². The maximum absolute atomic E-state index is 10.3. The molecule has 0 unspecified atom stereocenters. The number of allylic oxidation sites excluding steroid dienone is 1. The van der Waals surface area contributed by atoms with Crippen LogP contribution in [-0.4, -0.2) is 36.9 Å². The van der Waals surface area contributed by atoms with Crippen molar-refractivity contribution in [3.05, 3.63) is 12.2 Å². The molecule has 0 fully saturated rings. The molecule has 0 atom stereocenters. The topological polar surface area (TPSA) is 37.3 Å². The number of carboxylic acid groups (broad SMARTS) is 1. The van der Waals surface area contributed by atoms with Gasteiger partial charge in [-0.15, -0.1) is 0 Å². The third-order valence-corrected chi connectivity index (χ3v) is 4.23. The van der Waals surface area contributed by atoms with Crippen molar-refractivity contribution in [1.82, 2.24) is 0 Å². The summed E-state index contributed by atoms with van der Waals surface area (Å²) in [5, 5.41) is 8.45. The molecule has 0 heterocycles. The van der Waals surface area contributed by atoms with Crippen LogP contribution in [0.2, 0.25) is 0 Å². The molecule has 1 N–H and O–H groups in total. The van der Waals surface area contributed by atoms with E-state index in [0.717, 1.165) is 12.8 Å². The van der Waals surface area contributed by atoms with Crippen LogP contribution in [0.15, 0.2) is 12.2 Å². The zero-order valence-electron chi connectivity index (χ0n) is 14.8. The van der Waals surface area contributed by atoms with E-state index in [1.165, 1.54) is 96.0 Å². The van der Waals surface area contributed by atoms with Crippen LogP contribution in [0, 0.1) is 0 Å². The third kappa shape index (κ3) is 24.5. The van der Waals surface area contributed by atoms with Gasteiger partial charge in [-0.3, -0.25) is 0 Å². The summed E-state index contributed by atoms with van der Waals surface area (Å²) in [5.74, 6) is -0.832. The van der Waals surface area contributed by atoms with E-state index in [1.807, 2.05) is 0 Å². The van der Waals surface area contributed by atoms with Gasteiger partial charge < -0.3 is 5.11 Å². The Bertz CT molecular complexity index is 264. The van der Waals surface area contributed by atoms with E-state index in [9.17, 15) is 4.79 Å². The number of hydrogen-bond donors (Lipinski definition) is 1. The first-order valence-electron chi connectivity index (χ1n) is 9.67. The van der Waals surface area contributed by atoms with Crippen molar-refractivity contribution in [2.45, 2.75) is 110 Å². The van der Waals surface area contributed by atoms with Crippen molar-refractivity contribution >= 4 is 31.8 Å². The van der Waals surface area contributed by atoms with E-state index in [4.69, 9.17) is 5.11 Å².